The van der Waals surface area contributed by atoms with E-state index in [1.165, 1.54) is 11.1 Å². The molecule has 2 aliphatic rings. The van der Waals surface area contributed by atoms with Crippen molar-refractivity contribution in [3.05, 3.63) is 11.1 Å². The lowest BCUT2D eigenvalue weighted by atomic mass is 10.1. The number of fused-ring (bicyclic) bond motifs is 1. The molecule has 2 saturated carbocycles. The molecule has 0 amide bonds. The van der Waals surface area contributed by atoms with E-state index in [4.69, 9.17) is 0 Å². The van der Waals surface area contributed by atoms with E-state index in [1.807, 2.05) is 0 Å². The van der Waals surface area contributed by atoms with Gasteiger partial charge in [-0.2, -0.15) is 0 Å². The van der Waals surface area contributed by atoms with Gasteiger partial charge in [0.1, 0.15) is 5.78 Å². The van der Waals surface area contributed by atoms with Crippen molar-refractivity contribution in [1.82, 2.24) is 0 Å². The maximum Gasteiger partial charge on any atom is 0.143 e. The SMILES string of the molecule is CC(C)=C1CC(=O)C2(C)CC12. The third-order valence-corrected chi connectivity index (χ3v) is 3.29. The van der Waals surface area contributed by atoms with Crippen LogP contribution in [0, 0.1) is 11.3 Å². The molecule has 1 nitrogen and oxygen atoms in total. The minimum absolute atomic E-state index is 0.0760. The van der Waals surface area contributed by atoms with Crippen LogP contribution in [-0.2, 0) is 4.79 Å². The molecule has 2 unspecified atom stereocenters. The zero-order chi connectivity index (χ0) is 8.22. The number of rotatable bonds is 0. The van der Waals surface area contributed by atoms with Crippen LogP contribution in [0.2, 0.25) is 0 Å². The molecule has 2 rings (SSSR count). The summed E-state index contributed by atoms with van der Waals surface area (Å²) in [5, 5.41) is 0. The zero-order valence-electron chi connectivity index (χ0n) is 7.40. The van der Waals surface area contributed by atoms with Crippen molar-refractivity contribution in [1.29, 1.82) is 0 Å². The van der Waals surface area contributed by atoms with Gasteiger partial charge in [-0.1, -0.05) is 18.1 Å². The Morgan fingerprint density at radius 3 is 2.36 bits per heavy atom. The van der Waals surface area contributed by atoms with Crippen LogP contribution in [0.3, 0.4) is 0 Å². The van der Waals surface area contributed by atoms with Crippen molar-refractivity contribution >= 4 is 5.78 Å². The largest absolute Gasteiger partial charge is 0.299 e. The summed E-state index contributed by atoms with van der Waals surface area (Å²) >= 11 is 0. The fraction of sp³-hybridized carbons (Fsp3) is 0.700. The van der Waals surface area contributed by atoms with Gasteiger partial charge in [-0.25, -0.2) is 0 Å². The van der Waals surface area contributed by atoms with Crippen LogP contribution in [-0.4, -0.2) is 5.78 Å². The van der Waals surface area contributed by atoms with Gasteiger partial charge in [0.2, 0.25) is 0 Å². The summed E-state index contributed by atoms with van der Waals surface area (Å²) in [6.45, 7) is 6.34. The number of allylic oxidation sites excluding steroid dienone is 2. The van der Waals surface area contributed by atoms with Gasteiger partial charge in [0.05, 0.1) is 0 Å². The van der Waals surface area contributed by atoms with Crippen LogP contribution in [0.4, 0.5) is 0 Å². The number of hydrogen-bond donors (Lipinski definition) is 0. The second-order valence-electron chi connectivity index (χ2n) is 4.30. The van der Waals surface area contributed by atoms with Crippen LogP contribution >= 0.6 is 0 Å². The van der Waals surface area contributed by atoms with E-state index in [1.54, 1.807) is 0 Å². The molecular formula is C10H14O. The summed E-state index contributed by atoms with van der Waals surface area (Å²) in [6, 6.07) is 0. The summed E-state index contributed by atoms with van der Waals surface area (Å²) in [5.74, 6) is 1.10. The van der Waals surface area contributed by atoms with E-state index < -0.39 is 0 Å². The van der Waals surface area contributed by atoms with E-state index in [9.17, 15) is 4.79 Å². The Kier molecular flexibility index (Phi) is 1.14. The number of carbonyl (C=O) groups is 1. The number of hydrogen-bond acceptors (Lipinski definition) is 1. The number of carbonyl (C=O) groups excluding carboxylic acids is 1. The predicted octanol–water partition coefficient (Wildman–Crippen LogP) is 2.32. The van der Waals surface area contributed by atoms with Crippen molar-refractivity contribution in [3.8, 4) is 0 Å². The van der Waals surface area contributed by atoms with Gasteiger partial charge in [-0.3, -0.25) is 4.79 Å². The summed E-state index contributed by atoms with van der Waals surface area (Å²) < 4.78 is 0. The van der Waals surface area contributed by atoms with Gasteiger partial charge in [0.15, 0.2) is 0 Å². The third kappa shape index (κ3) is 0.741. The molecule has 0 spiro atoms. The Hall–Kier alpha value is -0.590. The Morgan fingerprint density at radius 1 is 1.55 bits per heavy atom. The smallest absolute Gasteiger partial charge is 0.143 e. The minimum Gasteiger partial charge on any atom is -0.299 e. The number of Topliss-reactive ketones (excluding diaryl/α,β-unsaturated/α-hetero) is 1. The lowest BCUT2D eigenvalue weighted by molar-refractivity contribution is -0.121. The molecule has 0 aliphatic heterocycles. The quantitative estimate of drug-likeness (QED) is 0.484. The van der Waals surface area contributed by atoms with Crippen LogP contribution in [0.25, 0.3) is 0 Å². The van der Waals surface area contributed by atoms with Crippen molar-refractivity contribution in [2.45, 2.75) is 33.6 Å². The Labute approximate surface area is 67.5 Å². The first-order valence-corrected chi connectivity index (χ1v) is 4.25. The van der Waals surface area contributed by atoms with Gasteiger partial charge in [0.25, 0.3) is 0 Å². The minimum atomic E-state index is 0.0760. The van der Waals surface area contributed by atoms with Gasteiger partial charge < -0.3 is 0 Å². The Bertz CT molecular complexity index is 258. The van der Waals surface area contributed by atoms with Crippen molar-refractivity contribution in [2.24, 2.45) is 11.3 Å². The summed E-state index contributed by atoms with van der Waals surface area (Å²) in [7, 11) is 0. The Balaban J connectivity index is 2.37. The molecule has 11 heavy (non-hydrogen) atoms. The van der Waals surface area contributed by atoms with Crippen molar-refractivity contribution in [2.75, 3.05) is 0 Å². The van der Waals surface area contributed by atoms with Crippen LogP contribution in [0.5, 0.6) is 0 Å². The summed E-state index contributed by atoms with van der Waals surface area (Å²) in [4.78, 5) is 11.4. The highest BCUT2D eigenvalue weighted by Gasteiger charge is 2.61. The van der Waals surface area contributed by atoms with Crippen LogP contribution in [0.15, 0.2) is 11.1 Å². The molecule has 0 N–H and O–H groups in total. The van der Waals surface area contributed by atoms with Crippen molar-refractivity contribution < 1.29 is 4.79 Å². The highest BCUT2D eigenvalue weighted by atomic mass is 16.1. The molecule has 0 saturated heterocycles. The fourth-order valence-corrected chi connectivity index (χ4v) is 2.20. The van der Waals surface area contributed by atoms with E-state index in [-0.39, 0.29) is 5.41 Å². The standard InChI is InChI=1S/C10H14O/c1-6(2)7-4-9(11)10(3)5-8(7)10/h8H,4-5H2,1-3H3. The van der Waals surface area contributed by atoms with Crippen LogP contribution in [0.1, 0.15) is 33.6 Å². The highest BCUT2D eigenvalue weighted by molar-refractivity contribution is 5.94. The van der Waals surface area contributed by atoms with Gasteiger partial charge in [-0.05, 0) is 26.2 Å². The van der Waals surface area contributed by atoms with E-state index in [0.717, 1.165) is 12.8 Å². The average Bonchev–Trinajstić information content (AvgIpc) is 2.51. The summed E-state index contributed by atoms with van der Waals surface area (Å²) in [6.07, 6.45) is 1.86. The molecule has 0 bridgehead atoms. The number of ketones is 1. The molecule has 60 valence electrons. The first-order valence-electron chi connectivity index (χ1n) is 4.25. The van der Waals surface area contributed by atoms with Crippen LogP contribution < -0.4 is 0 Å². The molecule has 1 heteroatoms. The molecule has 2 aliphatic carbocycles. The second kappa shape index (κ2) is 1.77. The molecule has 0 heterocycles. The second-order valence-corrected chi connectivity index (χ2v) is 4.30. The monoisotopic (exact) mass is 150 g/mol. The fourth-order valence-electron chi connectivity index (χ4n) is 2.20. The summed E-state index contributed by atoms with van der Waals surface area (Å²) in [5.41, 5.74) is 2.87. The normalized spacial score (nSPS) is 40.8. The molecule has 0 aromatic heterocycles. The Morgan fingerprint density at radius 2 is 2.18 bits per heavy atom. The first kappa shape index (κ1) is 7.08. The molecule has 0 aromatic carbocycles. The highest BCUT2D eigenvalue weighted by Crippen LogP contribution is 2.63. The third-order valence-electron chi connectivity index (χ3n) is 3.29. The molecule has 2 fully saturated rings. The average molecular weight is 150 g/mol. The maximum absolute atomic E-state index is 11.4. The van der Waals surface area contributed by atoms with Gasteiger partial charge in [-0.15, -0.1) is 0 Å². The predicted molar refractivity (Wildman–Crippen MR) is 44.2 cm³/mol. The van der Waals surface area contributed by atoms with Gasteiger partial charge in [0, 0.05) is 11.8 Å². The molecule has 0 radical (unpaired) electrons. The molecule has 0 aromatic rings. The topological polar surface area (TPSA) is 17.1 Å². The van der Waals surface area contributed by atoms with E-state index in [0.29, 0.717) is 11.7 Å². The van der Waals surface area contributed by atoms with E-state index in [2.05, 4.69) is 20.8 Å². The molecule has 2 atom stereocenters. The van der Waals surface area contributed by atoms with Gasteiger partial charge >= 0.3 is 0 Å². The first-order chi connectivity index (χ1) is 5.05. The lowest BCUT2D eigenvalue weighted by Gasteiger charge is -1.99. The van der Waals surface area contributed by atoms with E-state index >= 15 is 0 Å². The van der Waals surface area contributed by atoms with Crippen molar-refractivity contribution in [3.63, 3.8) is 0 Å². The lowest BCUT2D eigenvalue weighted by Crippen LogP contribution is -2.05. The molecular weight excluding hydrogens is 136 g/mol. The maximum atomic E-state index is 11.4. The zero-order valence-corrected chi connectivity index (χ0v) is 7.40.